The minimum Gasteiger partial charge on any atom is -0.462 e. The van der Waals surface area contributed by atoms with Gasteiger partial charge in [0.25, 0.3) is 0 Å². The molecule has 0 saturated carbocycles. The van der Waals surface area contributed by atoms with Gasteiger partial charge in [0.1, 0.15) is 0 Å². The number of hydrogen-bond donors (Lipinski definition) is 0. The van der Waals surface area contributed by atoms with Crippen molar-refractivity contribution in [2.45, 2.75) is 38.5 Å². The Hall–Kier alpha value is -2.66. The molecule has 1 aromatic heterocycles. The molecule has 0 saturated heterocycles. The highest BCUT2D eigenvalue weighted by Gasteiger charge is 2.16. The van der Waals surface area contributed by atoms with E-state index in [0.29, 0.717) is 24.3 Å². The summed E-state index contributed by atoms with van der Waals surface area (Å²) >= 11 is 1.55. The largest absolute Gasteiger partial charge is 0.462 e. The van der Waals surface area contributed by atoms with Crippen molar-refractivity contribution in [1.29, 1.82) is 0 Å². The third-order valence-corrected chi connectivity index (χ3v) is 5.20. The van der Waals surface area contributed by atoms with E-state index in [4.69, 9.17) is 9.47 Å². The molecule has 0 aliphatic rings. The van der Waals surface area contributed by atoms with Crippen LogP contribution >= 0.6 is 11.3 Å². The zero-order valence-corrected chi connectivity index (χ0v) is 17.5. The third kappa shape index (κ3) is 7.70. The van der Waals surface area contributed by atoms with Crippen LogP contribution in [0.4, 0.5) is 0 Å². The Bertz CT molecular complexity index is 760. The molecule has 0 radical (unpaired) electrons. The van der Waals surface area contributed by atoms with Crippen molar-refractivity contribution < 1.29 is 19.1 Å². The predicted molar refractivity (Wildman–Crippen MR) is 118 cm³/mol. The Morgan fingerprint density at radius 2 is 1.41 bits per heavy atom. The van der Waals surface area contributed by atoms with Crippen molar-refractivity contribution in [3.8, 4) is 10.4 Å². The van der Waals surface area contributed by atoms with Crippen LogP contribution in [0.5, 0.6) is 0 Å². The van der Waals surface area contributed by atoms with Gasteiger partial charge in [-0.3, -0.25) is 0 Å². The number of hydrogen-bond acceptors (Lipinski definition) is 5. The fourth-order valence-corrected chi connectivity index (χ4v) is 3.44. The van der Waals surface area contributed by atoms with Gasteiger partial charge in [0, 0.05) is 4.88 Å². The van der Waals surface area contributed by atoms with E-state index in [1.165, 1.54) is 0 Å². The van der Waals surface area contributed by atoms with E-state index in [0.717, 1.165) is 49.0 Å². The van der Waals surface area contributed by atoms with E-state index in [9.17, 15) is 9.59 Å². The first-order valence-electron chi connectivity index (χ1n) is 9.90. The Morgan fingerprint density at radius 1 is 0.862 bits per heavy atom. The normalized spacial score (nSPS) is 10.3. The van der Waals surface area contributed by atoms with Crippen LogP contribution < -0.4 is 0 Å². The molecule has 0 atom stereocenters. The van der Waals surface area contributed by atoms with Gasteiger partial charge in [0.2, 0.25) is 0 Å². The van der Waals surface area contributed by atoms with Crippen LogP contribution in [0.15, 0.2) is 61.0 Å². The van der Waals surface area contributed by atoms with E-state index in [1.807, 2.05) is 29.7 Å². The molecule has 154 valence electrons. The van der Waals surface area contributed by atoms with Crippen LogP contribution in [0.1, 0.15) is 59.2 Å². The molecule has 0 spiro atoms. The molecule has 29 heavy (non-hydrogen) atoms. The summed E-state index contributed by atoms with van der Waals surface area (Å²) in [7, 11) is 0. The first-order valence-corrected chi connectivity index (χ1v) is 10.8. The summed E-state index contributed by atoms with van der Waals surface area (Å²) in [6, 6.07) is 8.96. The van der Waals surface area contributed by atoms with Crippen LogP contribution in [-0.4, -0.2) is 25.2 Å². The maximum absolute atomic E-state index is 12.5. The molecular weight excluding hydrogens is 384 g/mol. The highest BCUT2D eigenvalue weighted by Crippen LogP contribution is 2.27. The van der Waals surface area contributed by atoms with Crippen LogP contribution in [0.2, 0.25) is 0 Å². The number of ether oxygens (including phenoxy) is 2. The number of rotatable bonds is 13. The number of allylic oxidation sites excluding steroid dienone is 2. The number of esters is 2. The maximum atomic E-state index is 12.5. The summed E-state index contributed by atoms with van der Waals surface area (Å²) < 4.78 is 10.8. The second kappa shape index (κ2) is 12.7. The molecule has 0 fully saturated rings. The highest BCUT2D eigenvalue weighted by atomic mass is 32.1. The Balaban J connectivity index is 2.09. The molecule has 4 nitrogen and oxygen atoms in total. The minimum absolute atomic E-state index is 0.346. The molecular formula is C24H28O4S. The summed E-state index contributed by atoms with van der Waals surface area (Å²) in [4.78, 5) is 26.0. The molecule has 0 bridgehead atoms. The molecule has 2 rings (SSSR count). The minimum atomic E-state index is -0.429. The van der Waals surface area contributed by atoms with Crippen molar-refractivity contribution in [1.82, 2.24) is 0 Å². The smallest absolute Gasteiger partial charge is 0.338 e. The lowest BCUT2D eigenvalue weighted by molar-refractivity contribution is 0.0497. The number of carbonyl (C=O) groups excluding carboxylic acids is 2. The van der Waals surface area contributed by atoms with Crippen molar-refractivity contribution in [2.75, 3.05) is 13.2 Å². The number of thiophene rings is 1. The van der Waals surface area contributed by atoms with E-state index < -0.39 is 11.9 Å². The number of unbranched alkanes of at least 4 members (excludes halogenated alkanes) is 4. The SMILES string of the molecule is C=CCCCCOC(=O)c1cc(C(=O)OCCCCC=C)cc(-c2cccs2)c1. The quantitative estimate of drug-likeness (QED) is 0.216. The van der Waals surface area contributed by atoms with Gasteiger partial charge in [-0.05, 0) is 73.7 Å². The average Bonchev–Trinajstić information content (AvgIpc) is 3.28. The third-order valence-electron chi connectivity index (χ3n) is 4.28. The lowest BCUT2D eigenvalue weighted by atomic mass is 10.0. The van der Waals surface area contributed by atoms with Gasteiger partial charge in [-0.25, -0.2) is 9.59 Å². The van der Waals surface area contributed by atoms with Crippen molar-refractivity contribution in [3.05, 3.63) is 72.1 Å². The summed E-state index contributed by atoms with van der Waals surface area (Å²) in [5, 5.41) is 1.96. The standard InChI is InChI=1S/C24H28O4S/c1-3-5-7-9-13-27-23(25)20-16-19(22-12-11-15-29-22)17-21(18-20)24(26)28-14-10-8-6-4-2/h3-4,11-12,15-18H,1-2,5-10,13-14H2. The predicted octanol–water partition coefficient (Wildman–Crippen LogP) is 6.44. The van der Waals surface area contributed by atoms with Gasteiger partial charge in [-0.1, -0.05) is 18.2 Å². The molecule has 5 heteroatoms. The topological polar surface area (TPSA) is 52.6 Å². The molecule has 1 heterocycles. The van der Waals surface area contributed by atoms with Gasteiger partial charge in [0.05, 0.1) is 24.3 Å². The molecule has 0 aliphatic heterocycles. The Kier molecular flexibility index (Phi) is 9.93. The van der Waals surface area contributed by atoms with Crippen LogP contribution in [0.3, 0.4) is 0 Å². The van der Waals surface area contributed by atoms with Gasteiger partial charge < -0.3 is 9.47 Å². The first-order chi connectivity index (χ1) is 14.2. The maximum Gasteiger partial charge on any atom is 0.338 e. The molecule has 0 N–H and O–H groups in total. The van der Waals surface area contributed by atoms with Crippen LogP contribution in [0.25, 0.3) is 10.4 Å². The zero-order valence-electron chi connectivity index (χ0n) is 16.7. The van der Waals surface area contributed by atoms with Gasteiger partial charge in [0.15, 0.2) is 0 Å². The Labute approximate surface area is 176 Å². The van der Waals surface area contributed by atoms with Crippen molar-refractivity contribution in [2.24, 2.45) is 0 Å². The second-order valence-electron chi connectivity index (χ2n) is 6.62. The van der Waals surface area contributed by atoms with Gasteiger partial charge in [-0.2, -0.15) is 0 Å². The van der Waals surface area contributed by atoms with Gasteiger partial charge in [-0.15, -0.1) is 24.5 Å². The van der Waals surface area contributed by atoms with Crippen molar-refractivity contribution >= 4 is 23.3 Å². The number of carbonyl (C=O) groups is 2. The van der Waals surface area contributed by atoms with Crippen LogP contribution in [0, 0.1) is 0 Å². The summed E-state index contributed by atoms with van der Waals surface area (Å²) in [5.74, 6) is -0.857. The molecule has 0 unspecified atom stereocenters. The van der Waals surface area contributed by atoms with Crippen molar-refractivity contribution in [3.63, 3.8) is 0 Å². The summed E-state index contributed by atoms with van der Waals surface area (Å²) in [6.45, 7) is 8.06. The fourth-order valence-electron chi connectivity index (χ4n) is 2.73. The van der Waals surface area contributed by atoms with E-state index in [2.05, 4.69) is 13.2 Å². The molecule has 0 amide bonds. The molecule has 2 aromatic rings. The summed E-state index contributed by atoms with van der Waals surface area (Å²) in [5.41, 5.74) is 1.52. The average molecular weight is 413 g/mol. The zero-order chi connectivity index (χ0) is 20.9. The van der Waals surface area contributed by atoms with E-state index in [-0.39, 0.29) is 0 Å². The highest BCUT2D eigenvalue weighted by molar-refractivity contribution is 7.13. The molecule has 0 aliphatic carbocycles. The number of benzene rings is 1. The Morgan fingerprint density at radius 3 is 1.86 bits per heavy atom. The summed E-state index contributed by atoms with van der Waals surface area (Å²) in [6.07, 6.45) is 8.90. The molecule has 1 aromatic carbocycles. The van der Waals surface area contributed by atoms with E-state index in [1.54, 1.807) is 29.5 Å². The lowest BCUT2D eigenvalue weighted by Crippen LogP contribution is -2.11. The fraction of sp³-hybridized carbons (Fsp3) is 0.333. The van der Waals surface area contributed by atoms with Crippen LogP contribution in [-0.2, 0) is 9.47 Å². The lowest BCUT2D eigenvalue weighted by Gasteiger charge is -2.10. The first kappa shape index (κ1) is 22.6. The van der Waals surface area contributed by atoms with Gasteiger partial charge >= 0.3 is 11.9 Å². The second-order valence-corrected chi connectivity index (χ2v) is 7.56. The monoisotopic (exact) mass is 412 g/mol. The van der Waals surface area contributed by atoms with E-state index >= 15 is 0 Å².